The molecule has 2 aromatic rings. The van der Waals surface area contributed by atoms with E-state index in [2.05, 4.69) is 24.4 Å². The molecule has 0 fully saturated rings. The lowest BCUT2D eigenvalue weighted by atomic mass is 10.2. The van der Waals surface area contributed by atoms with Crippen LogP contribution in [0.2, 0.25) is 0 Å². The van der Waals surface area contributed by atoms with E-state index in [4.69, 9.17) is 4.74 Å². The monoisotopic (exact) mass is 315 g/mol. The van der Waals surface area contributed by atoms with Crippen molar-refractivity contribution >= 4 is 17.7 Å². The van der Waals surface area contributed by atoms with E-state index in [0.29, 0.717) is 18.9 Å². The van der Waals surface area contributed by atoms with Crippen LogP contribution in [0.4, 0.5) is 0 Å². The van der Waals surface area contributed by atoms with Gasteiger partial charge in [0.15, 0.2) is 0 Å². The third-order valence-corrected chi connectivity index (χ3v) is 4.15. The molecule has 0 spiro atoms. The Morgan fingerprint density at radius 3 is 2.50 bits per heavy atom. The molecular formula is C18H21NO2S. The van der Waals surface area contributed by atoms with E-state index in [1.54, 1.807) is 0 Å². The molecule has 116 valence electrons. The fourth-order valence-corrected chi connectivity index (χ4v) is 2.65. The predicted molar refractivity (Wildman–Crippen MR) is 91.5 cm³/mol. The van der Waals surface area contributed by atoms with Gasteiger partial charge in [-0.15, -0.1) is 11.8 Å². The normalized spacial score (nSPS) is 10.2. The van der Waals surface area contributed by atoms with Crippen molar-refractivity contribution in [3.8, 4) is 5.75 Å². The second-order valence-corrected chi connectivity index (χ2v) is 5.85. The number of carbonyl (C=O) groups excluding carboxylic acids is 1. The van der Waals surface area contributed by atoms with Crippen molar-refractivity contribution in [2.24, 2.45) is 0 Å². The van der Waals surface area contributed by atoms with Crippen LogP contribution in [-0.4, -0.2) is 24.8 Å². The Labute approximate surface area is 136 Å². The van der Waals surface area contributed by atoms with Gasteiger partial charge in [-0.3, -0.25) is 4.79 Å². The summed E-state index contributed by atoms with van der Waals surface area (Å²) in [6.07, 6.45) is 1.02. The number of thioether (sulfide) groups is 1. The minimum absolute atomic E-state index is 0.0267. The summed E-state index contributed by atoms with van der Waals surface area (Å²) in [5.74, 6) is 1.29. The molecule has 1 amide bonds. The number of benzene rings is 2. The lowest BCUT2D eigenvalue weighted by molar-refractivity contribution is -0.118. The molecule has 2 aromatic carbocycles. The van der Waals surface area contributed by atoms with E-state index in [1.165, 1.54) is 17.3 Å². The van der Waals surface area contributed by atoms with E-state index < -0.39 is 0 Å². The van der Waals surface area contributed by atoms with E-state index >= 15 is 0 Å². The summed E-state index contributed by atoms with van der Waals surface area (Å²) in [7, 11) is 0. The highest BCUT2D eigenvalue weighted by Gasteiger charge is 2.02. The van der Waals surface area contributed by atoms with Crippen molar-refractivity contribution in [3.05, 3.63) is 60.2 Å². The van der Waals surface area contributed by atoms with Crippen LogP contribution in [0.3, 0.4) is 0 Å². The molecule has 0 atom stereocenters. The summed E-state index contributed by atoms with van der Waals surface area (Å²) < 4.78 is 5.60. The second-order valence-electron chi connectivity index (χ2n) is 4.80. The third kappa shape index (κ3) is 5.82. The Morgan fingerprint density at radius 2 is 1.82 bits per heavy atom. The van der Waals surface area contributed by atoms with Gasteiger partial charge in [0.2, 0.25) is 5.91 Å². The smallest absolute Gasteiger partial charge is 0.230 e. The molecule has 1 N–H and O–H groups in total. The van der Waals surface area contributed by atoms with E-state index in [-0.39, 0.29) is 5.91 Å². The fourth-order valence-electron chi connectivity index (χ4n) is 1.90. The number of aryl methyl sites for hydroxylation is 1. The Hall–Kier alpha value is -1.94. The van der Waals surface area contributed by atoms with Gasteiger partial charge in [-0.2, -0.15) is 0 Å². The van der Waals surface area contributed by atoms with Gasteiger partial charge in [-0.05, 0) is 36.2 Å². The lowest BCUT2D eigenvalue weighted by Crippen LogP contribution is -2.29. The summed E-state index contributed by atoms with van der Waals surface area (Å²) in [4.78, 5) is 12.8. The van der Waals surface area contributed by atoms with Crippen molar-refractivity contribution in [3.63, 3.8) is 0 Å². The molecule has 22 heavy (non-hydrogen) atoms. The summed E-state index contributed by atoms with van der Waals surface area (Å²) in [6.45, 7) is 3.12. The SMILES string of the molecule is CCc1ccc(OCCNC(=O)CSc2ccccc2)cc1. The molecule has 4 heteroatoms. The molecule has 3 nitrogen and oxygen atoms in total. The van der Waals surface area contributed by atoms with Gasteiger partial charge in [0.05, 0.1) is 12.3 Å². The van der Waals surface area contributed by atoms with Crippen molar-refractivity contribution in [2.45, 2.75) is 18.2 Å². The predicted octanol–water partition coefficient (Wildman–Crippen LogP) is 3.54. The Kier molecular flexibility index (Phi) is 6.84. The number of hydrogen-bond acceptors (Lipinski definition) is 3. The average Bonchev–Trinajstić information content (AvgIpc) is 2.58. The highest BCUT2D eigenvalue weighted by atomic mass is 32.2. The average molecular weight is 315 g/mol. The van der Waals surface area contributed by atoms with Crippen molar-refractivity contribution < 1.29 is 9.53 Å². The molecule has 0 saturated heterocycles. The molecular weight excluding hydrogens is 294 g/mol. The van der Waals surface area contributed by atoms with Crippen LogP contribution in [0.15, 0.2) is 59.5 Å². The van der Waals surface area contributed by atoms with Crippen LogP contribution >= 0.6 is 11.8 Å². The standard InChI is InChI=1S/C18H21NO2S/c1-2-15-8-10-16(11-9-15)21-13-12-19-18(20)14-22-17-6-4-3-5-7-17/h3-11H,2,12-14H2,1H3,(H,19,20). The Balaban J connectivity index is 1.60. The van der Waals surface area contributed by atoms with Crippen LogP contribution in [0.5, 0.6) is 5.75 Å². The molecule has 0 bridgehead atoms. The number of rotatable bonds is 8. The molecule has 0 heterocycles. The first-order valence-corrected chi connectivity index (χ1v) is 8.43. The minimum Gasteiger partial charge on any atom is -0.492 e. The van der Waals surface area contributed by atoms with Gasteiger partial charge in [-0.25, -0.2) is 0 Å². The molecule has 0 aliphatic carbocycles. The minimum atomic E-state index is 0.0267. The fraction of sp³-hybridized carbons (Fsp3) is 0.278. The van der Waals surface area contributed by atoms with Crippen LogP contribution < -0.4 is 10.1 Å². The third-order valence-electron chi connectivity index (χ3n) is 3.14. The van der Waals surface area contributed by atoms with Crippen LogP contribution in [0, 0.1) is 0 Å². The summed E-state index contributed by atoms with van der Waals surface area (Å²) >= 11 is 1.53. The second kappa shape index (κ2) is 9.15. The first-order chi connectivity index (χ1) is 10.8. The molecule has 0 radical (unpaired) electrons. The molecule has 0 aliphatic rings. The number of nitrogens with one attached hydrogen (secondary N) is 1. The van der Waals surface area contributed by atoms with Crippen LogP contribution in [0.1, 0.15) is 12.5 Å². The number of carbonyl (C=O) groups is 1. The largest absolute Gasteiger partial charge is 0.492 e. The quantitative estimate of drug-likeness (QED) is 0.598. The molecule has 2 rings (SSSR count). The van der Waals surface area contributed by atoms with Crippen molar-refractivity contribution in [1.29, 1.82) is 0 Å². The van der Waals surface area contributed by atoms with Gasteiger partial charge in [0.1, 0.15) is 12.4 Å². The lowest BCUT2D eigenvalue weighted by Gasteiger charge is -2.08. The Bertz CT molecular complexity index is 569. The van der Waals surface area contributed by atoms with E-state index in [0.717, 1.165) is 17.1 Å². The molecule has 0 unspecified atom stereocenters. The summed E-state index contributed by atoms with van der Waals surface area (Å²) in [5.41, 5.74) is 1.29. The summed E-state index contributed by atoms with van der Waals surface area (Å²) in [6, 6.07) is 18.0. The van der Waals surface area contributed by atoms with E-state index in [1.807, 2.05) is 42.5 Å². The van der Waals surface area contributed by atoms with Gasteiger partial charge < -0.3 is 10.1 Å². The first-order valence-electron chi connectivity index (χ1n) is 7.44. The Morgan fingerprint density at radius 1 is 1.09 bits per heavy atom. The zero-order valence-corrected chi connectivity index (χ0v) is 13.6. The number of ether oxygens (including phenoxy) is 1. The molecule has 0 aliphatic heterocycles. The zero-order chi connectivity index (χ0) is 15.6. The maximum Gasteiger partial charge on any atom is 0.230 e. The van der Waals surface area contributed by atoms with Gasteiger partial charge >= 0.3 is 0 Å². The van der Waals surface area contributed by atoms with Gasteiger partial charge in [0.25, 0.3) is 0 Å². The van der Waals surface area contributed by atoms with Gasteiger partial charge in [0, 0.05) is 4.90 Å². The van der Waals surface area contributed by atoms with Crippen molar-refractivity contribution in [2.75, 3.05) is 18.9 Å². The highest BCUT2D eigenvalue weighted by Crippen LogP contribution is 2.16. The zero-order valence-electron chi connectivity index (χ0n) is 12.7. The maximum absolute atomic E-state index is 11.7. The van der Waals surface area contributed by atoms with E-state index in [9.17, 15) is 4.79 Å². The highest BCUT2D eigenvalue weighted by molar-refractivity contribution is 8.00. The summed E-state index contributed by atoms with van der Waals surface area (Å²) in [5, 5.41) is 2.86. The van der Waals surface area contributed by atoms with Crippen LogP contribution in [0.25, 0.3) is 0 Å². The molecule has 0 saturated carbocycles. The maximum atomic E-state index is 11.7. The van der Waals surface area contributed by atoms with Crippen molar-refractivity contribution in [1.82, 2.24) is 5.32 Å². The van der Waals surface area contributed by atoms with Crippen LogP contribution in [-0.2, 0) is 11.2 Å². The number of amides is 1. The van der Waals surface area contributed by atoms with Gasteiger partial charge in [-0.1, -0.05) is 37.3 Å². The molecule has 0 aromatic heterocycles. The number of hydrogen-bond donors (Lipinski definition) is 1. The first kappa shape index (κ1) is 16.4. The topological polar surface area (TPSA) is 38.3 Å².